The molecule has 1 unspecified atom stereocenters. The number of aromatic nitrogens is 2. The van der Waals surface area contributed by atoms with E-state index in [1.54, 1.807) is 43.0 Å². The second-order valence-corrected chi connectivity index (χ2v) is 8.75. The second kappa shape index (κ2) is 8.09. The number of nitrogens with one attached hydrogen (secondary N) is 1. The summed E-state index contributed by atoms with van der Waals surface area (Å²) in [4.78, 5) is 12.4. The molecular weight excluding hydrogens is 386 g/mol. The Morgan fingerprint density at radius 1 is 1.25 bits per heavy atom. The van der Waals surface area contributed by atoms with E-state index < -0.39 is 9.84 Å². The highest BCUT2D eigenvalue weighted by atomic mass is 32.2. The molecule has 0 bridgehead atoms. The maximum Gasteiger partial charge on any atom is 0.263 e. The van der Waals surface area contributed by atoms with Crippen LogP contribution >= 0.6 is 0 Å². The molecule has 152 valence electrons. The van der Waals surface area contributed by atoms with Crippen molar-refractivity contribution in [3.05, 3.63) is 30.0 Å². The minimum atomic E-state index is -3.06. The Labute approximate surface area is 163 Å². The van der Waals surface area contributed by atoms with Crippen LogP contribution in [0.25, 0.3) is 0 Å². The largest absolute Gasteiger partial charge is 0.497 e. The minimum absolute atomic E-state index is 0.0243. The van der Waals surface area contributed by atoms with E-state index in [0.717, 1.165) is 0 Å². The van der Waals surface area contributed by atoms with Crippen molar-refractivity contribution in [2.45, 2.75) is 19.4 Å². The molecular formula is C18H23N3O6S. The first kappa shape index (κ1) is 20.0. The SMILES string of the molecule is COc1ccc(OCC(=O)Nc2cc(C)nn2C2CCS(=O)(=O)C2)c(OC)c1. The van der Waals surface area contributed by atoms with E-state index in [2.05, 4.69) is 10.4 Å². The van der Waals surface area contributed by atoms with Crippen molar-refractivity contribution in [2.24, 2.45) is 0 Å². The molecule has 1 aromatic heterocycles. The van der Waals surface area contributed by atoms with Gasteiger partial charge in [0.05, 0.1) is 37.5 Å². The zero-order chi connectivity index (χ0) is 20.3. The van der Waals surface area contributed by atoms with E-state index in [9.17, 15) is 13.2 Å². The minimum Gasteiger partial charge on any atom is -0.497 e. The van der Waals surface area contributed by atoms with Crippen LogP contribution in [0, 0.1) is 6.92 Å². The number of ether oxygens (including phenoxy) is 3. The van der Waals surface area contributed by atoms with Gasteiger partial charge in [-0.25, -0.2) is 13.1 Å². The fourth-order valence-corrected chi connectivity index (χ4v) is 4.76. The first-order chi connectivity index (χ1) is 13.3. The summed E-state index contributed by atoms with van der Waals surface area (Å²) in [5, 5.41) is 7.08. The summed E-state index contributed by atoms with van der Waals surface area (Å²) < 4.78 is 41.0. The third-order valence-electron chi connectivity index (χ3n) is 4.41. The van der Waals surface area contributed by atoms with Crippen LogP contribution in [-0.4, -0.2) is 56.4 Å². The summed E-state index contributed by atoms with van der Waals surface area (Å²) >= 11 is 0. The molecule has 0 aliphatic carbocycles. The Kier molecular flexibility index (Phi) is 5.78. The predicted molar refractivity (Wildman–Crippen MR) is 103 cm³/mol. The van der Waals surface area contributed by atoms with Gasteiger partial charge in [-0.05, 0) is 25.5 Å². The molecule has 1 aliphatic heterocycles. The van der Waals surface area contributed by atoms with Gasteiger partial charge in [0, 0.05) is 12.1 Å². The van der Waals surface area contributed by atoms with Crippen LogP contribution in [0.2, 0.25) is 0 Å². The molecule has 1 aliphatic rings. The topological polar surface area (TPSA) is 109 Å². The summed E-state index contributed by atoms with van der Waals surface area (Å²) in [5.41, 5.74) is 0.692. The third-order valence-corrected chi connectivity index (χ3v) is 6.16. The molecule has 1 amide bonds. The number of carbonyl (C=O) groups excluding carboxylic acids is 1. The summed E-state index contributed by atoms with van der Waals surface area (Å²) in [5.74, 6) is 1.68. The van der Waals surface area contributed by atoms with Crippen molar-refractivity contribution in [3.63, 3.8) is 0 Å². The first-order valence-electron chi connectivity index (χ1n) is 8.72. The van der Waals surface area contributed by atoms with Crippen LogP contribution in [0.3, 0.4) is 0 Å². The molecule has 9 nitrogen and oxygen atoms in total. The van der Waals surface area contributed by atoms with Crippen LogP contribution in [0.5, 0.6) is 17.2 Å². The summed E-state index contributed by atoms with van der Waals surface area (Å²) in [6.45, 7) is 1.55. The van der Waals surface area contributed by atoms with Crippen LogP contribution in [-0.2, 0) is 14.6 Å². The number of carbonyl (C=O) groups is 1. The van der Waals surface area contributed by atoms with Crippen molar-refractivity contribution in [1.82, 2.24) is 9.78 Å². The van der Waals surface area contributed by atoms with Gasteiger partial charge in [-0.2, -0.15) is 5.10 Å². The quantitative estimate of drug-likeness (QED) is 0.739. The number of rotatable bonds is 7. The van der Waals surface area contributed by atoms with Crippen molar-refractivity contribution in [2.75, 3.05) is 37.6 Å². The third kappa shape index (κ3) is 4.56. The number of sulfone groups is 1. The number of amides is 1. The summed E-state index contributed by atoms with van der Waals surface area (Å²) in [7, 11) is -0.0179. The van der Waals surface area contributed by atoms with Crippen LogP contribution in [0.1, 0.15) is 18.2 Å². The lowest BCUT2D eigenvalue weighted by Gasteiger charge is -2.15. The molecule has 28 heavy (non-hydrogen) atoms. The lowest BCUT2D eigenvalue weighted by molar-refractivity contribution is -0.118. The zero-order valence-electron chi connectivity index (χ0n) is 16.0. The summed E-state index contributed by atoms with van der Waals surface area (Å²) in [6, 6.07) is 6.44. The van der Waals surface area contributed by atoms with Gasteiger partial charge in [-0.15, -0.1) is 0 Å². The normalized spacial score (nSPS) is 17.9. The molecule has 1 atom stereocenters. The Bertz CT molecular complexity index is 970. The van der Waals surface area contributed by atoms with E-state index >= 15 is 0 Å². The first-order valence-corrected chi connectivity index (χ1v) is 10.5. The van der Waals surface area contributed by atoms with Crippen LogP contribution < -0.4 is 19.5 Å². The smallest absolute Gasteiger partial charge is 0.263 e. The molecule has 10 heteroatoms. The number of benzene rings is 1. The Balaban J connectivity index is 1.66. The molecule has 1 fully saturated rings. The molecule has 0 radical (unpaired) electrons. The number of nitrogens with zero attached hydrogens (tertiary/aromatic N) is 2. The summed E-state index contributed by atoms with van der Waals surface area (Å²) in [6.07, 6.45) is 0.478. The lowest BCUT2D eigenvalue weighted by Crippen LogP contribution is -2.24. The highest BCUT2D eigenvalue weighted by molar-refractivity contribution is 7.91. The maximum absolute atomic E-state index is 12.4. The van der Waals surface area contributed by atoms with Gasteiger partial charge in [-0.1, -0.05) is 0 Å². The molecule has 1 N–H and O–H groups in total. The van der Waals surface area contributed by atoms with Gasteiger partial charge in [-0.3, -0.25) is 4.79 Å². The standard InChI is InChI=1S/C18H23N3O6S/c1-12-8-17(21(20-12)13-6-7-28(23,24)11-13)19-18(22)10-27-15-5-4-14(25-2)9-16(15)26-3/h4-5,8-9,13H,6-7,10-11H2,1-3H3,(H,19,22). The van der Waals surface area contributed by atoms with Crippen molar-refractivity contribution in [3.8, 4) is 17.2 Å². The van der Waals surface area contributed by atoms with E-state index in [0.29, 0.717) is 35.2 Å². The number of aryl methyl sites for hydroxylation is 1. The predicted octanol–water partition coefficient (Wildman–Crippen LogP) is 1.59. The lowest BCUT2D eigenvalue weighted by atomic mass is 10.3. The highest BCUT2D eigenvalue weighted by Gasteiger charge is 2.31. The molecule has 2 heterocycles. The van der Waals surface area contributed by atoms with Gasteiger partial charge in [0.2, 0.25) is 0 Å². The highest BCUT2D eigenvalue weighted by Crippen LogP contribution is 2.31. The Morgan fingerprint density at radius 2 is 2.04 bits per heavy atom. The van der Waals surface area contributed by atoms with E-state index in [1.807, 2.05) is 0 Å². The fourth-order valence-electron chi connectivity index (χ4n) is 3.07. The van der Waals surface area contributed by atoms with Crippen molar-refractivity contribution >= 4 is 21.6 Å². The van der Waals surface area contributed by atoms with Gasteiger partial charge in [0.25, 0.3) is 5.91 Å². The average molecular weight is 409 g/mol. The molecule has 1 saturated heterocycles. The fraction of sp³-hybridized carbons (Fsp3) is 0.444. The number of hydrogen-bond donors (Lipinski definition) is 1. The molecule has 0 saturated carbocycles. The Morgan fingerprint density at radius 3 is 2.68 bits per heavy atom. The van der Waals surface area contributed by atoms with Gasteiger partial charge < -0.3 is 19.5 Å². The molecule has 0 spiro atoms. The zero-order valence-corrected chi connectivity index (χ0v) is 16.8. The Hall–Kier alpha value is -2.75. The van der Waals surface area contributed by atoms with E-state index in [1.165, 1.54) is 7.11 Å². The van der Waals surface area contributed by atoms with Crippen LogP contribution in [0.4, 0.5) is 5.82 Å². The second-order valence-electron chi connectivity index (χ2n) is 6.53. The van der Waals surface area contributed by atoms with E-state index in [-0.39, 0.29) is 30.1 Å². The number of methoxy groups -OCH3 is 2. The van der Waals surface area contributed by atoms with Crippen molar-refractivity contribution in [1.29, 1.82) is 0 Å². The number of hydrogen-bond acceptors (Lipinski definition) is 7. The maximum atomic E-state index is 12.4. The van der Waals surface area contributed by atoms with E-state index in [4.69, 9.17) is 14.2 Å². The van der Waals surface area contributed by atoms with Gasteiger partial charge >= 0.3 is 0 Å². The molecule has 1 aromatic carbocycles. The van der Waals surface area contributed by atoms with Crippen LogP contribution in [0.15, 0.2) is 24.3 Å². The van der Waals surface area contributed by atoms with Crippen molar-refractivity contribution < 1.29 is 27.4 Å². The molecule has 3 rings (SSSR count). The van der Waals surface area contributed by atoms with Gasteiger partial charge in [0.1, 0.15) is 11.6 Å². The molecule has 2 aromatic rings. The number of anilines is 1. The average Bonchev–Trinajstić information content (AvgIpc) is 3.21. The monoisotopic (exact) mass is 409 g/mol. The van der Waals surface area contributed by atoms with Gasteiger partial charge in [0.15, 0.2) is 27.9 Å².